The van der Waals surface area contributed by atoms with E-state index in [1.165, 1.54) is 9.82 Å². The van der Waals surface area contributed by atoms with E-state index in [1.54, 1.807) is 0 Å². The van der Waals surface area contributed by atoms with Crippen molar-refractivity contribution < 1.29 is 0 Å². The topological polar surface area (TPSA) is 68.0 Å². The van der Waals surface area contributed by atoms with Crippen LogP contribution in [0.3, 0.4) is 0 Å². The van der Waals surface area contributed by atoms with Crippen LogP contribution in [0.4, 0.5) is 5.82 Å². The first kappa shape index (κ1) is 12.7. The van der Waals surface area contributed by atoms with Gasteiger partial charge in [0.1, 0.15) is 13.9 Å². The van der Waals surface area contributed by atoms with Crippen molar-refractivity contribution in [1.29, 1.82) is 0 Å². The molecule has 6 nitrogen and oxygen atoms in total. The fraction of sp³-hybridized carbons (Fsp3) is 0.231. The molecule has 102 valence electrons. The molecule has 0 spiro atoms. The van der Waals surface area contributed by atoms with Gasteiger partial charge in [0.05, 0.1) is 0 Å². The monoisotopic (exact) mass is 284 g/mol. The summed E-state index contributed by atoms with van der Waals surface area (Å²) in [6.45, 7) is 4.68. The molecular weight excluding hydrogens is 268 g/mol. The molecule has 3 aromatic rings. The molecule has 7 heteroatoms. The highest BCUT2D eigenvalue weighted by Crippen LogP contribution is 2.07. The highest BCUT2D eigenvalue weighted by molar-refractivity contribution is 6.90. The third kappa shape index (κ3) is 2.53. The Morgan fingerprint density at radius 3 is 2.70 bits per heavy atom. The molecule has 0 saturated carbocycles. The summed E-state index contributed by atoms with van der Waals surface area (Å²) < 4.78 is 1.43. The maximum absolute atomic E-state index is 4.32. The molecule has 1 aromatic carbocycles. The largest absolute Gasteiger partial charge is 0.371 e. The molecule has 0 saturated heterocycles. The number of hydrogen-bond donors (Lipinski definition) is 1. The third-order valence-electron chi connectivity index (χ3n) is 3.34. The Morgan fingerprint density at radius 2 is 1.90 bits per heavy atom. The Morgan fingerprint density at radius 1 is 1.10 bits per heavy atom. The Hall–Kier alpha value is -2.28. The number of nitrogens with one attached hydrogen (secondary N) is 1. The van der Waals surface area contributed by atoms with Crippen LogP contribution in [0, 0.1) is 0 Å². The molecule has 0 bridgehead atoms. The minimum Gasteiger partial charge on any atom is -0.371 e. The molecular formula is C13H16N6Si. The van der Waals surface area contributed by atoms with E-state index in [0.29, 0.717) is 5.65 Å². The number of anilines is 1. The van der Waals surface area contributed by atoms with Gasteiger partial charge in [0.25, 0.3) is 0 Å². The van der Waals surface area contributed by atoms with Crippen LogP contribution in [0.15, 0.2) is 42.5 Å². The Balaban J connectivity index is 1.75. The molecule has 0 aliphatic heterocycles. The van der Waals surface area contributed by atoms with E-state index in [0.717, 1.165) is 12.0 Å². The lowest BCUT2D eigenvalue weighted by Crippen LogP contribution is -2.48. The van der Waals surface area contributed by atoms with E-state index < -0.39 is 8.07 Å². The first-order valence-electron chi connectivity index (χ1n) is 6.50. The lowest BCUT2D eigenvalue weighted by molar-refractivity contribution is 0.735. The average Bonchev–Trinajstić information content (AvgIpc) is 2.94. The lowest BCUT2D eigenvalue weighted by atomic mass is 10.4. The van der Waals surface area contributed by atoms with Crippen molar-refractivity contribution in [2.24, 2.45) is 0 Å². The van der Waals surface area contributed by atoms with Crippen molar-refractivity contribution in [3.63, 3.8) is 0 Å². The molecule has 0 aliphatic carbocycles. The van der Waals surface area contributed by atoms with E-state index in [4.69, 9.17) is 0 Å². The van der Waals surface area contributed by atoms with Gasteiger partial charge in [0.15, 0.2) is 5.65 Å². The van der Waals surface area contributed by atoms with Crippen molar-refractivity contribution in [2.45, 2.75) is 13.1 Å². The van der Waals surface area contributed by atoms with Crippen LogP contribution < -0.4 is 10.5 Å². The second-order valence-electron chi connectivity index (χ2n) is 5.35. The molecule has 0 aliphatic rings. The molecule has 3 rings (SSSR count). The van der Waals surface area contributed by atoms with Gasteiger partial charge in [-0.1, -0.05) is 48.6 Å². The molecule has 1 N–H and O–H groups in total. The van der Waals surface area contributed by atoms with Gasteiger partial charge in [-0.25, -0.2) is 0 Å². The van der Waals surface area contributed by atoms with Crippen LogP contribution in [0.25, 0.3) is 5.65 Å². The van der Waals surface area contributed by atoms with Gasteiger partial charge in [0, 0.05) is 6.17 Å². The number of benzene rings is 1. The van der Waals surface area contributed by atoms with Gasteiger partial charge in [-0.3, -0.25) is 0 Å². The molecule has 20 heavy (non-hydrogen) atoms. The SMILES string of the molecule is C[Si](C)(CNc1ccc2nnnn2n1)c1ccccc1. The standard InChI is InChI=1S/C13H16N6Si/c1-20(2,11-6-4-3-5-7-11)10-14-12-8-9-13-15-17-18-19(13)16-12/h3-9H,10H2,1-2H3,(H,14,16). The van der Waals surface area contributed by atoms with Crippen LogP contribution in [0.1, 0.15) is 0 Å². The van der Waals surface area contributed by atoms with E-state index in [1.807, 2.05) is 12.1 Å². The summed E-state index contributed by atoms with van der Waals surface area (Å²) >= 11 is 0. The number of fused-ring (bicyclic) bond motifs is 1. The molecule has 0 atom stereocenters. The molecule has 0 radical (unpaired) electrons. The number of nitrogens with zero attached hydrogens (tertiary/aromatic N) is 5. The minimum absolute atomic E-state index is 0.648. The van der Waals surface area contributed by atoms with E-state index in [2.05, 4.69) is 69.4 Å². The number of rotatable bonds is 4. The van der Waals surface area contributed by atoms with E-state index in [-0.39, 0.29) is 0 Å². The maximum Gasteiger partial charge on any atom is 0.200 e. The molecule has 0 unspecified atom stereocenters. The summed E-state index contributed by atoms with van der Waals surface area (Å²) in [6.07, 6.45) is 0.914. The average molecular weight is 284 g/mol. The van der Waals surface area contributed by atoms with Crippen molar-refractivity contribution in [3.8, 4) is 0 Å². The summed E-state index contributed by atoms with van der Waals surface area (Å²) in [7, 11) is -1.53. The Labute approximate surface area is 117 Å². The van der Waals surface area contributed by atoms with Gasteiger partial charge < -0.3 is 5.32 Å². The highest BCUT2D eigenvalue weighted by Gasteiger charge is 2.23. The number of tetrazole rings is 1. The van der Waals surface area contributed by atoms with Gasteiger partial charge in [-0.2, -0.15) is 0 Å². The second-order valence-corrected chi connectivity index (χ2v) is 10.0. The predicted molar refractivity (Wildman–Crippen MR) is 80.6 cm³/mol. The molecule has 0 fully saturated rings. The Bertz CT molecular complexity index is 709. The summed E-state index contributed by atoms with van der Waals surface area (Å²) in [6, 6.07) is 14.4. The fourth-order valence-corrected chi connectivity index (χ4v) is 3.97. The van der Waals surface area contributed by atoms with E-state index >= 15 is 0 Å². The van der Waals surface area contributed by atoms with Crippen LogP contribution >= 0.6 is 0 Å². The zero-order valence-electron chi connectivity index (χ0n) is 11.5. The second kappa shape index (κ2) is 5.01. The zero-order chi connectivity index (χ0) is 14.0. The first-order valence-corrected chi connectivity index (χ1v) is 9.71. The summed E-state index contributed by atoms with van der Waals surface area (Å²) in [5.74, 6) is 0.793. The van der Waals surface area contributed by atoms with Crippen LogP contribution in [-0.2, 0) is 0 Å². The summed E-state index contributed by atoms with van der Waals surface area (Å²) in [4.78, 5) is 0. The normalized spacial score (nSPS) is 11.7. The molecule has 2 heterocycles. The van der Waals surface area contributed by atoms with Crippen LogP contribution in [-0.4, -0.2) is 39.5 Å². The van der Waals surface area contributed by atoms with Gasteiger partial charge in [-0.15, -0.1) is 14.8 Å². The summed E-state index contributed by atoms with van der Waals surface area (Å²) in [5.41, 5.74) is 0.648. The van der Waals surface area contributed by atoms with Gasteiger partial charge >= 0.3 is 0 Å². The predicted octanol–water partition coefficient (Wildman–Crippen LogP) is 1.09. The summed E-state index contributed by atoms with van der Waals surface area (Å²) in [5, 5.41) is 20.4. The maximum atomic E-state index is 4.32. The van der Waals surface area contributed by atoms with E-state index in [9.17, 15) is 0 Å². The lowest BCUT2D eigenvalue weighted by Gasteiger charge is -2.23. The van der Waals surface area contributed by atoms with Crippen LogP contribution in [0.2, 0.25) is 13.1 Å². The highest BCUT2D eigenvalue weighted by atomic mass is 28.3. The van der Waals surface area contributed by atoms with Crippen molar-refractivity contribution >= 4 is 24.7 Å². The zero-order valence-corrected chi connectivity index (χ0v) is 12.5. The number of hydrogen-bond acceptors (Lipinski definition) is 5. The first-order chi connectivity index (χ1) is 9.65. The van der Waals surface area contributed by atoms with Crippen LogP contribution in [0.5, 0.6) is 0 Å². The van der Waals surface area contributed by atoms with Crippen molar-refractivity contribution in [3.05, 3.63) is 42.5 Å². The van der Waals surface area contributed by atoms with Crippen molar-refractivity contribution in [1.82, 2.24) is 25.3 Å². The number of aromatic nitrogens is 5. The molecule has 0 amide bonds. The fourth-order valence-electron chi connectivity index (χ4n) is 2.05. The molecule has 2 aromatic heterocycles. The van der Waals surface area contributed by atoms with Gasteiger partial charge in [-0.05, 0) is 22.6 Å². The minimum atomic E-state index is -1.53. The third-order valence-corrected chi connectivity index (χ3v) is 6.29. The van der Waals surface area contributed by atoms with Crippen molar-refractivity contribution in [2.75, 3.05) is 11.5 Å². The smallest absolute Gasteiger partial charge is 0.200 e. The quantitative estimate of drug-likeness (QED) is 0.726. The Kier molecular flexibility index (Phi) is 3.19. The van der Waals surface area contributed by atoms with Gasteiger partial charge in [0.2, 0.25) is 0 Å².